The van der Waals surface area contributed by atoms with E-state index in [4.69, 9.17) is 6.42 Å². The molecule has 0 unspecified atom stereocenters. The Hall–Kier alpha value is -2.86. The summed E-state index contributed by atoms with van der Waals surface area (Å²) in [7, 11) is -3.97. The van der Waals surface area contributed by atoms with E-state index in [9.17, 15) is 22.8 Å². The van der Waals surface area contributed by atoms with Crippen molar-refractivity contribution < 1.29 is 22.8 Å². The number of nitrogens with zero attached hydrogens (tertiary/aromatic N) is 1. The van der Waals surface area contributed by atoms with Crippen molar-refractivity contribution in [1.82, 2.24) is 14.9 Å². The monoisotopic (exact) mass is 377 g/mol. The summed E-state index contributed by atoms with van der Waals surface area (Å²) in [4.78, 5) is 35.7. The Balaban J connectivity index is 2.12. The number of nitrogens with one attached hydrogen (secondary N) is 2. The van der Waals surface area contributed by atoms with Gasteiger partial charge in [0, 0.05) is 24.6 Å². The van der Waals surface area contributed by atoms with Crippen molar-refractivity contribution in [3.63, 3.8) is 0 Å². The zero-order valence-electron chi connectivity index (χ0n) is 14.4. The van der Waals surface area contributed by atoms with Gasteiger partial charge < -0.3 is 10.6 Å². The Bertz CT molecular complexity index is 899. The molecule has 1 aromatic rings. The van der Waals surface area contributed by atoms with Crippen LogP contribution in [0, 0.1) is 12.3 Å². The van der Waals surface area contributed by atoms with Crippen molar-refractivity contribution in [2.45, 2.75) is 31.2 Å². The molecule has 0 aromatic heterocycles. The summed E-state index contributed by atoms with van der Waals surface area (Å²) in [5.74, 6) is 0.812. The molecule has 0 aliphatic carbocycles. The Kier molecular flexibility index (Phi) is 5.67. The molecule has 26 heavy (non-hydrogen) atoms. The number of hydrogen-bond donors (Lipinski definition) is 2. The van der Waals surface area contributed by atoms with Crippen LogP contribution in [-0.4, -0.2) is 49.6 Å². The quantitative estimate of drug-likeness (QED) is 0.683. The van der Waals surface area contributed by atoms with Crippen molar-refractivity contribution >= 4 is 27.7 Å². The molecule has 1 aliphatic rings. The van der Waals surface area contributed by atoms with Crippen molar-refractivity contribution in [2.75, 3.05) is 13.1 Å². The van der Waals surface area contributed by atoms with Crippen LogP contribution in [0.4, 0.5) is 0 Å². The number of carbonyl (C=O) groups excluding carboxylic acids is 3. The van der Waals surface area contributed by atoms with E-state index < -0.39 is 27.9 Å². The number of rotatable bonds is 6. The maximum absolute atomic E-state index is 12.5. The van der Waals surface area contributed by atoms with E-state index in [-0.39, 0.29) is 41.4 Å². The maximum Gasteiger partial charge on any atom is 0.269 e. The molecule has 0 saturated heterocycles. The lowest BCUT2D eigenvalue weighted by atomic mass is 10.1. The van der Waals surface area contributed by atoms with Crippen molar-refractivity contribution in [1.29, 1.82) is 0 Å². The third-order valence-electron chi connectivity index (χ3n) is 3.71. The van der Waals surface area contributed by atoms with Gasteiger partial charge in [-0.05, 0) is 32.0 Å². The van der Waals surface area contributed by atoms with Crippen LogP contribution in [0.2, 0.25) is 0 Å². The number of amides is 3. The molecule has 1 aliphatic heterocycles. The van der Waals surface area contributed by atoms with Crippen LogP contribution < -0.4 is 10.6 Å². The molecule has 0 saturated carbocycles. The molecule has 2 N–H and O–H groups in total. The lowest BCUT2D eigenvalue weighted by Gasteiger charge is -2.18. The number of benzene rings is 1. The largest absolute Gasteiger partial charge is 0.352 e. The molecule has 0 atom stereocenters. The Morgan fingerprint density at radius 1 is 1.27 bits per heavy atom. The van der Waals surface area contributed by atoms with Gasteiger partial charge in [0.15, 0.2) is 0 Å². The van der Waals surface area contributed by atoms with Gasteiger partial charge >= 0.3 is 0 Å². The van der Waals surface area contributed by atoms with Crippen molar-refractivity contribution in [3.05, 3.63) is 29.3 Å². The Labute approximate surface area is 152 Å². The van der Waals surface area contributed by atoms with Crippen LogP contribution in [0.5, 0.6) is 0 Å². The van der Waals surface area contributed by atoms with E-state index in [1.165, 1.54) is 18.2 Å². The minimum atomic E-state index is -3.97. The van der Waals surface area contributed by atoms with Crippen LogP contribution in [0.3, 0.4) is 0 Å². The average Bonchev–Trinajstić information content (AvgIpc) is 2.78. The second-order valence-corrected chi connectivity index (χ2v) is 7.68. The van der Waals surface area contributed by atoms with E-state index in [2.05, 4.69) is 16.6 Å². The lowest BCUT2D eigenvalue weighted by molar-refractivity contribution is -0.120. The average molecular weight is 377 g/mol. The van der Waals surface area contributed by atoms with Gasteiger partial charge in [0.2, 0.25) is 5.91 Å². The fourth-order valence-corrected chi connectivity index (χ4v) is 4.32. The SMILES string of the molecule is C#CCNC(=O)CCNC(=O)c1ccc2c(c1)S(=O)(=O)N(C(C)C)C2=O. The molecule has 0 spiro atoms. The van der Waals surface area contributed by atoms with E-state index >= 15 is 0 Å². The molecule has 1 aromatic carbocycles. The summed E-state index contributed by atoms with van der Waals surface area (Å²) in [6.07, 6.45) is 5.06. The first-order chi connectivity index (χ1) is 12.2. The minimum absolute atomic E-state index is 0.0380. The predicted octanol–water partition coefficient (Wildman–Crippen LogP) is 0.109. The first kappa shape index (κ1) is 19.5. The summed E-state index contributed by atoms with van der Waals surface area (Å²) in [5, 5.41) is 4.99. The molecule has 3 amide bonds. The van der Waals surface area contributed by atoms with E-state index in [0.29, 0.717) is 0 Å². The molecule has 9 heteroatoms. The summed E-state index contributed by atoms with van der Waals surface area (Å²) < 4.78 is 25.8. The highest BCUT2D eigenvalue weighted by Gasteiger charge is 2.42. The minimum Gasteiger partial charge on any atom is -0.352 e. The Morgan fingerprint density at radius 2 is 1.96 bits per heavy atom. The van der Waals surface area contributed by atoms with Gasteiger partial charge in [0.25, 0.3) is 21.8 Å². The first-order valence-corrected chi connectivity index (χ1v) is 9.35. The molecule has 0 bridgehead atoms. The van der Waals surface area contributed by atoms with Gasteiger partial charge in [-0.25, -0.2) is 12.7 Å². The molecule has 138 valence electrons. The molecule has 2 rings (SSSR count). The fraction of sp³-hybridized carbons (Fsp3) is 0.353. The van der Waals surface area contributed by atoms with Crippen LogP contribution in [0.1, 0.15) is 41.0 Å². The number of fused-ring (bicyclic) bond motifs is 1. The number of sulfonamides is 1. The summed E-state index contributed by atoms with van der Waals surface area (Å²) >= 11 is 0. The van der Waals surface area contributed by atoms with Crippen LogP contribution >= 0.6 is 0 Å². The van der Waals surface area contributed by atoms with Gasteiger partial charge in [-0.3, -0.25) is 14.4 Å². The molecular formula is C17H19N3O5S. The third-order valence-corrected chi connectivity index (χ3v) is 5.70. The molecule has 8 nitrogen and oxygen atoms in total. The van der Waals surface area contributed by atoms with E-state index in [0.717, 1.165) is 4.31 Å². The Morgan fingerprint density at radius 3 is 2.58 bits per heavy atom. The van der Waals surface area contributed by atoms with Gasteiger partial charge in [0.05, 0.1) is 12.1 Å². The predicted molar refractivity (Wildman–Crippen MR) is 93.7 cm³/mol. The fourth-order valence-electron chi connectivity index (χ4n) is 2.53. The van der Waals surface area contributed by atoms with Crippen molar-refractivity contribution in [3.8, 4) is 12.3 Å². The third kappa shape index (κ3) is 3.70. The second kappa shape index (κ2) is 7.58. The van der Waals surface area contributed by atoms with E-state index in [1.807, 2.05) is 0 Å². The highest BCUT2D eigenvalue weighted by atomic mass is 32.2. The van der Waals surface area contributed by atoms with E-state index in [1.54, 1.807) is 13.8 Å². The standard InChI is InChI=1S/C17H19N3O5S/c1-4-8-18-15(21)7-9-19-16(22)12-5-6-13-14(10-12)26(24,25)20(11(2)3)17(13)23/h1,5-6,10-11H,7-9H2,2-3H3,(H,18,21)(H,19,22). The number of terminal acetylenes is 1. The maximum atomic E-state index is 12.5. The van der Waals surface area contributed by atoms with Crippen molar-refractivity contribution in [2.24, 2.45) is 0 Å². The highest BCUT2D eigenvalue weighted by molar-refractivity contribution is 7.90. The van der Waals surface area contributed by atoms with Crippen LogP contribution in [-0.2, 0) is 14.8 Å². The molecular weight excluding hydrogens is 358 g/mol. The zero-order chi connectivity index (χ0) is 19.5. The summed E-state index contributed by atoms with van der Waals surface area (Å²) in [5.41, 5.74) is 0.138. The normalized spacial score (nSPS) is 14.7. The van der Waals surface area contributed by atoms with Crippen LogP contribution in [0.15, 0.2) is 23.1 Å². The van der Waals surface area contributed by atoms with Gasteiger partial charge in [-0.1, -0.05) is 5.92 Å². The smallest absolute Gasteiger partial charge is 0.269 e. The van der Waals surface area contributed by atoms with Gasteiger partial charge in [-0.2, -0.15) is 0 Å². The highest BCUT2D eigenvalue weighted by Crippen LogP contribution is 2.32. The number of hydrogen-bond acceptors (Lipinski definition) is 5. The first-order valence-electron chi connectivity index (χ1n) is 7.91. The second-order valence-electron chi connectivity index (χ2n) is 5.90. The molecule has 1 heterocycles. The summed E-state index contributed by atoms with van der Waals surface area (Å²) in [6, 6.07) is 3.35. The van der Waals surface area contributed by atoms with Gasteiger partial charge in [-0.15, -0.1) is 6.42 Å². The molecule has 0 fully saturated rings. The zero-order valence-corrected chi connectivity index (χ0v) is 15.2. The van der Waals surface area contributed by atoms with Crippen LogP contribution in [0.25, 0.3) is 0 Å². The topological polar surface area (TPSA) is 113 Å². The summed E-state index contributed by atoms with van der Waals surface area (Å²) in [6.45, 7) is 3.37. The lowest BCUT2D eigenvalue weighted by Crippen LogP contribution is -2.36. The number of carbonyl (C=O) groups is 3. The van der Waals surface area contributed by atoms with Gasteiger partial charge in [0.1, 0.15) is 4.90 Å². The molecule has 0 radical (unpaired) electrons.